The molecule has 0 amide bonds. The molecule has 222 valence electrons. The predicted molar refractivity (Wildman–Crippen MR) is 169 cm³/mol. The Kier molecular flexibility index (Phi) is 9.13. The summed E-state index contributed by atoms with van der Waals surface area (Å²) in [5.74, 6) is 0.967. The number of carbonyl (C=O) groups is 1. The number of benzene rings is 2. The molecule has 0 radical (unpaired) electrons. The maximum atomic E-state index is 14.0. The van der Waals surface area contributed by atoms with Gasteiger partial charge in [0.15, 0.2) is 4.80 Å². The van der Waals surface area contributed by atoms with Crippen LogP contribution < -0.4 is 19.6 Å². The molecule has 0 saturated heterocycles. The van der Waals surface area contributed by atoms with Crippen molar-refractivity contribution in [2.45, 2.75) is 32.7 Å². The second-order valence-electron chi connectivity index (χ2n) is 9.43. The summed E-state index contributed by atoms with van der Waals surface area (Å²) in [4.78, 5) is 43.2. The molecule has 13 heteroatoms. The van der Waals surface area contributed by atoms with Crippen molar-refractivity contribution >= 4 is 60.9 Å². The zero-order chi connectivity index (χ0) is 30.8. The number of esters is 1. The Bertz CT molecular complexity index is 1960. The van der Waals surface area contributed by atoms with Crippen molar-refractivity contribution in [1.29, 1.82) is 0 Å². The molecule has 43 heavy (non-hydrogen) atoms. The van der Waals surface area contributed by atoms with Gasteiger partial charge in [-0.1, -0.05) is 30.7 Å². The van der Waals surface area contributed by atoms with Gasteiger partial charge in [-0.2, -0.15) is 0 Å². The van der Waals surface area contributed by atoms with Crippen LogP contribution in [0.1, 0.15) is 44.1 Å². The number of nitro benzene ring substituents is 1. The molecule has 10 nitrogen and oxygen atoms in total. The molecule has 1 aliphatic rings. The lowest BCUT2D eigenvalue weighted by molar-refractivity contribution is -0.384. The normalized spacial score (nSPS) is 14.8. The summed E-state index contributed by atoms with van der Waals surface area (Å²) >= 11 is 8.11. The number of fused-ring (bicyclic) bond motifs is 1. The molecule has 1 unspecified atom stereocenters. The van der Waals surface area contributed by atoms with Crippen LogP contribution >= 0.6 is 43.2 Å². The standard InChI is InChI=1S/C30H25Br2N3O7S/c1-4-6-22-26(29(37)41-5-2)27(16-7-11-24(40-3)21(32)13-16)34-28(36)25(43-30(34)33-22)15-18-9-12-23(42-18)19-10-8-17(35(38)39)14-20(19)31/h7-15,27H,4-6H2,1-3H3/b25-15-. The maximum Gasteiger partial charge on any atom is 0.338 e. The third-order valence-corrected chi connectivity index (χ3v) is 8.97. The SMILES string of the molecule is CCCC1=C(C(=O)OCC)C(c2ccc(OC)c(Br)c2)n2c(s/c(=C\c3ccc(-c4ccc([N+](=O)[O-])cc4Br)o3)c2=O)=N1. The topological polar surface area (TPSA) is 126 Å². The molecule has 0 bridgehead atoms. The van der Waals surface area contributed by atoms with Crippen molar-refractivity contribution in [3.63, 3.8) is 0 Å². The Hall–Kier alpha value is -3.81. The Morgan fingerprint density at radius 2 is 1.95 bits per heavy atom. The van der Waals surface area contributed by atoms with E-state index in [4.69, 9.17) is 18.9 Å². The van der Waals surface area contributed by atoms with E-state index in [0.717, 1.165) is 6.42 Å². The van der Waals surface area contributed by atoms with E-state index < -0.39 is 16.9 Å². The summed E-state index contributed by atoms with van der Waals surface area (Å²) in [5, 5.41) is 11.1. The zero-order valence-electron chi connectivity index (χ0n) is 23.3. The molecule has 0 aliphatic carbocycles. The highest BCUT2D eigenvalue weighted by atomic mass is 79.9. The van der Waals surface area contributed by atoms with Crippen LogP contribution in [0.2, 0.25) is 0 Å². The molecule has 4 aromatic rings. The van der Waals surface area contributed by atoms with E-state index in [2.05, 4.69) is 31.9 Å². The fourth-order valence-corrected chi connectivity index (χ4v) is 6.93. The Morgan fingerprint density at radius 3 is 2.60 bits per heavy atom. The fourth-order valence-electron chi connectivity index (χ4n) is 4.81. The number of non-ortho nitro benzene ring substituents is 1. The van der Waals surface area contributed by atoms with Gasteiger partial charge in [-0.15, -0.1) is 0 Å². The van der Waals surface area contributed by atoms with Gasteiger partial charge < -0.3 is 13.9 Å². The lowest BCUT2D eigenvalue weighted by Gasteiger charge is -2.26. The van der Waals surface area contributed by atoms with Crippen LogP contribution in [0.3, 0.4) is 0 Å². The first-order valence-corrected chi connectivity index (χ1v) is 15.7. The number of methoxy groups -OCH3 is 1. The van der Waals surface area contributed by atoms with E-state index in [0.29, 0.717) is 64.4 Å². The third-order valence-electron chi connectivity index (χ3n) is 6.71. The van der Waals surface area contributed by atoms with Crippen LogP contribution in [0.25, 0.3) is 17.4 Å². The lowest BCUT2D eigenvalue weighted by atomic mass is 9.94. The van der Waals surface area contributed by atoms with Crippen LogP contribution in [0.5, 0.6) is 5.75 Å². The first-order valence-electron chi connectivity index (χ1n) is 13.3. The average Bonchev–Trinajstić information content (AvgIpc) is 3.56. The first kappa shape index (κ1) is 30.6. The van der Waals surface area contributed by atoms with Crippen molar-refractivity contribution in [1.82, 2.24) is 4.57 Å². The highest BCUT2D eigenvalue weighted by molar-refractivity contribution is 9.11. The van der Waals surface area contributed by atoms with Crippen molar-refractivity contribution in [2.75, 3.05) is 13.7 Å². The summed E-state index contributed by atoms with van der Waals surface area (Å²) < 4.78 is 19.9. The number of rotatable bonds is 9. The monoisotopic (exact) mass is 729 g/mol. The number of ether oxygens (including phenoxy) is 2. The lowest BCUT2D eigenvalue weighted by Crippen LogP contribution is -2.40. The van der Waals surface area contributed by atoms with Gasteiger partial charge in [0, 0.05) is 28.2 Å². The minimum absolute atomic E-state index is 0.0495. The molecule has 1 atom stereocenters. The average molecular weight is 731 g/mol. The molecule has 3 heterocycles. The minimum atomic E-state index is -0.774. The number of allylic oxidation sites excluding steroid dienone is 1. The van der Waals surface area contributed by atoms with E-state index in [9.17, 15) is 19.7 Å². The van der Waals surface area contributed by atoms with Gasteiger partial charge in [-0.25, -0.2) is 9.79 Å². The molecule has 5 rings (SSSR count). The van der Waals surface area contributed by atoms with Crippen molar-refractivity contribution in [2.24, 2.45) is 4.99 Å². The van der Waals surface area contributed by atoms with Gasteiger partial charge in [0.1, 0.15) is 17.3 Å². The van der Waals surface area contributed by atoms with Crippen LogP contribution in [0.4, 0.5) is 5.69 Å². The van der Waals surface area contributed by atoms with Crippen molar-refractivity contribution in [3.05, 3.63) is 110 Å². The maximum absolute atomic E-state index is 14.0. The highest BCUT2D eigenvalue weighted by Crippen LogP contribution is 2.36. The molecule has 1 aliphatic heterocycles. The predicted octanol–water partition coefficient (Wildman–Crippen LogP) is 6.28. The van der Waals surface area contributed by atoms with E-state index in [1.807, 2.05) is 19.1 Å². The van der Waals surface area contributed by atoms with E-state index in [-0.39, 0.29) is 17.9 Å². The van der Waals surface area contributed by atoms with Gasteiger partial charge in [0.25, 0.3) is 11.2 Å². The largest absolute Gasteiger partial charge is 0.496 e. The minimum Gasteiger partial charge on any atom is -0.496 e. The van der Waals surface area contributed by atoms with E-state index >= 15 is 0 Å². The van der Waals surface area contributed by atoms with Gasteiger partial charge in [0.2, 0.25) is 0 Å². The van der Waals surface area contributed by atoms with Gasteiger partial charge >= 0.3 is 5.97 Å². The van der Waals surface area contributed by atoms with Gasteiger partial charge in [0.05, 0.1) is 45.0 Å². The molecule has 0 spiro atoms. The van der Waals surface area contributed by atoms with Crippen LogP contribution in [-0.2, 0) is 9.53 Å². The summed E-state index contributed by atoms with van der Waals surface area (Å²) in [6.45, 7) is 3.91. The molecule has 2 aromatic carbocycles. The van der Waals surface area contributed by atoms with Crippen LogP contribution in [0.15, 0.2) is 83.0 Å². The summed E-state index contributed by atoms with van der Waals surface area (Å²) in [5.41, 5.74) is 1.83. The number of nitrogens with zero attached hydrogens (tertiary/aromatic N) is 3. The summed E-state index contributed by atoms with van der Waals surface area (Å²) in [6.07, 6.45) is 2.89. The highest BCUT2D eigenvalue weighted by Gasteiger charge is 2.34. The number of carbonyl (C=O) groups excluding carboxylic acids is 1. The summed E-state index contributed by atoms with van der Waals surface area (Å²) in [7, 11) is 1.56. The molecular formula is C30H25Br2N3O7S. The smallest absolute Gasteiger partial charge is 0.338 e. The number of halogens is 2. The van der Waals surface area contributed by atoms with Crippen molar-refractivity contribution in [3.8, 4) is 17.1 Å². The van der Waals surface area contributed by atoms with E-state index in [1.54, 1.807) is 44.4 Å². The quantitative estimate of drug-likeness (QED) is 0.113. The molecular weight excluding hydrogens is 706 g/mol. The second-order valence-corrected chi connectivity index (χ2v) is 12.1. The summed E-state index contributed by atoms with van der Waals surface area (Å²) in [6, 6.07) is 12.5. The number of furan rings is 1. The number of hydrogen-bond acceptors (Lipinski definition) is 9. The Labute approximate surface area is 266 Å². The molecule has 0 fully saturated rings. The van der Waals surface area contributed by atoms with Gasteiger partial charge in [-0.3, -0.25) is 19.5 Å². The van der Waals surface area contributed by atoms with Crippen molar-refractivity contribution < 1.29 is 23.6 Å². The van der Waals surface area contributed by atoms with E-state index in [1.165, 1.54) is 28.0 Å². The number of nitro groups is 1. The first-order chi connectivity index (χ1) is 20.7. The number of hydrogen-bond donors (Lipinski definition) is 0. The number of aromatic nitrogens is 1. The molecule has 0 saturated carbocycles. The number of thiazole rings is 1. The second kappa shape index (κ2) is 12.8. The third kappa shape index (κ3) is 6.01. The Balaban J connectivity index is 1.66. The van der Waals surface area contributed by atoms with Crippen LogP contribution in [0, 0.1) is 10.1 Å². The molecule has 2 aromatic heterocycles. The molecule has 0 N–H and O–H groups in total. The fraction of sp³-hybridized carbons (Fsp3) is 0.233. The van der Waals surface area contributed by atoms with Crippen LogP contribution in [-0.4, -0.2) is 29.2 Å². The Morgan fingerprint density at radius 1 is 1.16 bits per heavy atom. The zero-order valence-corrected chi connectivity index (χ0v) is 27.2. The van der Waals surface area contributed by atoms with Gasteiger partial charge in [-0.05, 0) is 81.1 Å².